The number of thiazole rings is 1. The number of hydrogen-bond donors (Lipinski definition) is 1. The number of aromatic nitrogens is 1. The number of nitrogens with zero attached hydrogens (tertiary/aromatic N) is 2. The second-order valence-electron chi connectivity index (χ2n) is 6.13. The van der Waals surface area contributed by atoms with Gasteiger partial charge in [0.1, 0.15) is 0 Å². The summed E-state index contributed by atoms with van der Waals surface area (Å²) in [6, 6.07) is 8.12. The Hall–Kier alpha value is -1.50. The number of ether oxygens (including phenoxy) is 1. The standard InChI is InChI=1S/C17H23N3O2S/c1-12-9-20(10-13(2)22-12)11-16(21)18-8-7-17-19-14-5-3-4-6-15(14)23-17/h3-6,12-13H,7-11H2,1-2H3,(H,18,21)/t12-,13-/m0/s1. The second-order valence-corrected chi connectivity index (χ2v) is 7.24. The van der Waals surface area contributed by atoms with Gasteiger partial charge < -0.3 is 10.1 Å². The Morgan fingerprint density at radius 1 is 1.35 bits per heavy atom. The Morgan fingerprint density at radius 3 is 2.83 bits per heavy atom. The van der Waals surface area contributed by atoms with E-state index in [0.717, 1.165) is 30.0 Å². The number of benzene rings is 1. The minimum atomic E-state index is 0.0763. The van der Waals surface area contributed by atoms with Crippen molar-refractivity contribution in [2.45, 2.75) is 32.5 Å². The molecule has 1 fully saturated rings. The molecule has 6 heteroatoms. The average molecular weight is 333 g/mol. The largest absolute Gasteiger partial charge is 0.373 e. The van der Waals surface area contributed by atoms with E-state index in [1.807, 2.05) is 32.0 Å². The monoisotopic (exact) mass is 333 g/mol. The number of amides is 1. The highest BCUT2D eigenvalue weighted by Crippen LogP contribution is 2.21. The molecule has 0 spiro atoms. The molecule has 23 heavy (non-hydrogen) atoms. The quantitative estimate of drug-likeness (QED) is 0.910. The van der Waals surface area contributed by atoms with Crippen LogP contribution in [0.4, 0.5) is 0 Å². The summed E-state index contributed by atoms with van der Waals surface area (Å²) in [5.74, 6) is 0.0763. The highest BCUT2D eigenvalue weighted by molar-refractivity contribution is 7.18. The Balaban J connectivity index is 1.44. The minimum Gasteiger partial charge on any atom is -0.373 e. The van der Waals surface area contributed by atoms with Crippen molar-refractivity contribution in [3.05, 3.63) is 29.3 Å². The van der Waals surface area contributed by atoms with Crippen LogP contribution >= 0.6 is 11.3 Å². The van der Waals surface area contributed by atoms with Gasteiger partial charge >= 0.3 is 0 Å². The van der Waals surface area contributed by atoms with E-state index < -0.39 is 0 Å². The molecule has 1 aliphatic rings. The van der Waals surface area contributed by atoms with E-state index in [9.17, 15) is 4.79 Å². The van der Waals surface area contributed by atoms with Crippen molar-refractivity contribution < 1.29 is 9.53 Å². The van der Waals surface area contributed by atoms with E-state index in [4.69, 9.17) is 4.74 Å². The molecule has 0 saturated carbocycles. The number of hydrogen-bond acceptors (Lipinski definition) is 5. The molecule has 2 aromatic rings. The molecule has 1 aromatic carbocycles. The van der Waals surface area contributed by atoms with Crippen molar-refractivity contribution in [3.8, 4) is 0 Å². The van der Waals surface area contributed by atoms with Crippen molar-refractivity contribution in [2.75, 3.05) is 26.2 Å². The molecule has 124 valence electrons. The summed E-state index contributed by atoms with van der Waals surface area (Å²) in [5.41, 5.74) is 1.04. The number of rotatable bonds is 5. The summed E-state index contributed by atoms with van der Waals surface area (Å²) >= 11 is 1.70. The van der Waals surface area contributed by atoms with Crippen LogP contribution in [0.3, 0.4) is 0 Å². The summed E-state index contributed by atoms with van der Waals surface area (Å²) < 4.78 is 6.88. The van der Waals surface area contributed by atoms with Gasteiger partial charge in [-0.3, -0.25) is 9.69 Å². The van der Waals surface area contributed by atoms with Crippen LogP contribution in [0.25, 0.3) is 10.2 Å². The Kier molecular flexibility index (Phi) is 5.25. The van der Waals surface area contributed by atoms with E-state index in [2.05, 4.69) is 21.3 Å². The first-order valence-electron chi connectivity index (χ1n) is 8.09. The number of fused-ring (bicyclic) bond motifs is 1. The zero-order chi connectivity index (χ0) is 16.2. The maximum absolute atomic E-state index is 12.1. The first kappa shape index (κ1) is 16.4. The molecule has 0 unspecified atom stereocenters. The number of carbonyl (C=O) groups excluding carboxylic acids is 1. The fourth-order valence-corrected chi connectivity index (χ4v) is 3.98. The Morgan fingerprint density at radius 2 is 2.09 bits per heavy atom. The predicted octanol–water partition coefficient (Wildman–Crippen LogP) is 2.06. The molecular weight excluding hydrogens is 310 g/mol. The first-order chi connectivity index (χ1) is 11.1. The molecule has 1 aliphatic heterocycles. The molecular formula is C17H23N3O2S. The summed E-state index contributed by atoms with van der Waals surface area (Å²) in [4.78, 5) is 18.8. The third kappa shape index (κ3) is 4.50. The fourth-order valence-electron chi connectivity index (χ4n) is 3.01. The zero-order valence-electron chi connectivity index (χ0n) is 13.6. The lowest BCUT2D eigenvalue weighted by molar-refractivity contribution is -0.125. The summed E-state index contributed by atoms with van der Waals surface area (Å²) in [5, 5.41) is 4.07. The smallest absolute Gasteiger partial charge is 0.234 e. The molecule has 0 aliphatic carbocycles. The van der Waals surface area contributed by atoms with Crippen molar-refractivity contribution in [1.82, 2.24) is 15.2 Å². The van der Waals surface area contributed by atoms with Crippen LogP contribution in [0.1, 0.15) is 18.9 Å². The molecule has 1 N–H and O–H groups in total. The van der Waals surface area contributed by atoms with Gasteiger partial charge in [0.15, 0.2) is 0 Å². The van der Waals surface area contributed by atoms with Gasteiger partial charge in [-0.25, -0.2) is 4.98 Å². The van der Waals surface area contributed by atoms with Crippen LogP contribution in [-0.4, -0.2) is 54.2 Å². The number of nitrogens with one attached hydrogen (secondary N) is 1. The lowest BCUT2D eigenvalue weighted by Crippen LogP contribution is -2.49. The maximum atomic E-state index is 12.1. The summed E-state index contributed by atoms with van der Waals surface area (Å²) in [6.45, 7) is 6.80. The van der Waals surface area contributed by atoms with Crippen molar-refractivity contribution in [2.24, 2.45) is 0 Å². The molecule has 2 atom stereocenters. The summed E-state index contributed by atoms with van der Waals surface area (Å²) in [7, 11) is 0. The number of para-hydroxylation sites is 1. The highest BCUT2D eigenvalue weighted by atomic mass is 32.1. The van der Waals surface area contributed by atoms with Crippen LogP contribution in [-0.2, 0) is 16.0 Å². The fraction of sp³-hybridized carbons (Fsp3) is 0.529. The third-order valence-electron chi connectivity index (χ3n) is 3.86. The Labute approximate surface area is 140 Å². The molecule has 2 heterocycles. The van der Waals surface area contributed by atoms with Gasteiger partial charge in [-0.2, -0.15) is 0 Å². The van der Waals surface area contributed by atoms with E-state index in [1.54, 1.807) is 11.3 Å². The molecule has 1 amide bonds. The average Bonchev–Trinajstić information content (AvgIpc) is 2.88. The molecule has 1 saturated heterocycles. The Bertz CT molecular complexity index is 630. The number of morpholine rings is 1. The van der Waals surface area contributed by atoms with Gasteiger partial charge in [-0.05, 0) is 26.0 Å². The van der Waals surface area contributed by atoms with Gasteiger partial charge in [0.2, 0.25) is 5.91 Å². The first-order valence-corrected chi connectivity index (χ1v) is 8.91. The number of carbonyl (C=O) groups is 1. The van der Waals surface area contributed by atoms with E-state index in [0.29, 0.717) is 13.1 Å². The third-order valence-corrected chi connectivity index (χ3v) is 4.96. The lowest BCUT2D eigenvalue weighted by atomic mass is 10.2. The van der Waals surface area contributed by atoms with E-state index in [-0.39, 0.29) is 18.1 Å². The van der Waals surface area contributed by atoms with Gasteiger partial charge in [0.05, 0.1) is 34.0 Å². The van der Waals surface area contributed by atoms with Crippen molar-refractivity contribution in [1.29, 1.82) is 0 Å². The molecule has 5 nitrogen and oxygen atoms in total. The molecule has 0 radical (unpaired) electrons. The highest BCUT2D eigenvalue weighted by Gasteiger charge is 2.23. The second kappa shape index (κ2) is 7.38. The van der Waals surface area contributed by atoms with Crippen LogP contribution in [0.15, 0.2) is 24.3 Å². The van der Waals surface area contributed by atoms with Crippen molar-refractivity contribution >= 4 is 27.5 Å². The van der Waals surface area contributed by atoms with Gasteiger partial charge in [0.25, 0.3) is 0 Å². The maximum Gasteiger partial charge on any atom is 0.234 e. The predicted molar refractivity (Wildman–Crippen MR) is 92.8 cm³/mol. The lowest BCUT2D eigenvalue weighted by Gasteiger charge is -2.34. The molecule has 0 bridgehead atoms. The van der Waals surface area contributed by atoms with Crippen LogP contribution in [0, 0.1) is 0 Å². The normalized spacial score (nSPS) is 22.3. The van der Waals surface area contributed by atoms with Gasteiger partial charge in [-0.1, -0.05) is 12.1 Å². The van der Waals surface area contributed by atoms with Gasteiger partial charge in [0, 0.05) is 26.1 Å². The summed E-state index contributed by atoms with van der Waals surface area (Å²) in [6.07, 6.45) is 1.16. The van der Waals surface area contributed by atoms with Crippen LogP contribution in [0.2, 0.25) is 0 Å². The van der Waals surface area contributed by atoms with E-state index in [1.165, 1.54) is 4.70 Å². The van der Waals surface area contributed by atoms with Crippen molar-refractivity contribution in [3.63, 3.8) is 0 Å². The van der Waals surface area contributed by atoms with Crippen LogP contribution in [0.5, 0.6) is 0 Å². The minimum absolute atomic E-state index is 0.0763. The molecule has 3 rings (SSSR count). The van der Waals surface area contributed by atoms with Crippen LogP contribution < -0.4 is 5.32 Å². The van der Waals surface area contributed by atoms with Gasteiger partial charge in [-0.15, -0.1) is 11.3 Å². The van der Waals surface area contributed by atoms with E-state index >= 15 is 0 Å². The SMILES string of the molecule is C[C@H]1CN(CC(=O)NCCc2nc3ccccc3s2)C[C@H](C)O1. The zero-order valence-corrected chi connectivity index (χ0v) is 14.4. The topological polar surface area (TPSA) is 54.5 Å². The molecule has 1 aromatic heterocycles.